The maximum absolute atomic E-state index is 13.1. The van der Waals surface area contributed by atoms with Crippen molar-refractivity contribution in [2.24, 2.45) is 16.6 Å². The van der Waals surface area contributed by atoms with Crippen LogP contribution in [0.4, 0.5) is 22.0 Å². The molecule has 0 fully saturated rings. The zero-order chi connectivity index (χ0) is 28.9. The van der Waals surface area contributed by atoms with E-state index in [9.17, 15) is 35.2 Å². The Hall–Kier alpha value is -3.40. The van der Waals surface area contributed by atoms with E-state index in [2.05, 4.69) is 5.10 Å². The van der Waals surface area contributed by atoms with Crippen molar-refractivity contribution in [1.82, 2.24) is 9.78 Å². The number of carboxylic acids is 1. The third-order valence-electron chi connectivity index (χ3n) is 5.34. The summed E-state index contributed by atoms with van der Waals surface area (Å²) in [5, 5.41) is 17.1. The summed E-state index contributed by atoms with van der Waals surface area (Å²) in [5.41, 5.74) is 8.56. The van der Waals surface area contributed by atoms with Gasteiger partial charge in [-0.2, -0.15) is 18.3 Å². The van der Waals surface area contributed by atoms with Gasteiger partial charge in [0, 0.05) is 5.56 Å². The normalized spacial score (nSPS) is 13.5. The second-order valence-corrected chi connectivity index (χ2v) is 9.83. The van der Waals surface area contributed by atoms with Gasteiger partial charge in [-0.25, -0.2) is 31.8 Å². The summed E-state index contributed by atoms with van der Waals surface area (Å²) in [4.78, 5) is 10.2. The van der Waals surface area contributed by atoms with Crippen molar-refractivity contribution < 1.29 is 40.3 Å². The highest BCUT2D eigenvalue weighted by Gasteiger charge is 2.43. The van der Waals surface area contributed by atoms with Gasteiger partial charge in [0.15, 0.2) is 11.2 Å². The van der Waals surface area contributed by atoms with Crippen molar-refractivity contribution in [1.29, 1.82) is 0 Å². The minimum Gasteiger partial charge on any atom is -0.480 e. The van der Waals surface area contributed by atoms with E-state index in [1.54, 1.807) is 24.3 Å². The lowest BCUT2D eigenvalue weighted by molar-refractivity contribution is -0.150. The number of aliphatic carboxylic acids is 1. The molecule has 208 valence electrons. The van der Waals surface area contributed by atoms with Gasteiger partial charge >= 0.3 is 12.1 Å². The van der Waals surface area contributed by atoms with Crippen LogP contribution < -0.4 is 16.6 Å². The molecule has 2 aromatic carbocycles. The van der Waals surface area contributed by atoms with Gasteiger partial charge < -0.3 is 16.6 Å². The van der Waals surface area contributed by atoms with Gasteiger partial charge in [0.05, 0.1) is 16.3 Å². The largest absolute Gasteiger partial charge is 0.480 e. The molecule has 38 heavy (non-hydrogen) atoms. The molecule has 0 saturated heterocycles. The number of primary sulfonamides is 1. The molecule has 0 aliphatic rings. The number of sulfonamides is 1. The number of rotatable bonds is 8. The number of hydrogen-bond acceptors (Lipinski definition) is 6. The molecule has 9 nitrogen and oxygen atoms in total. The van der Waals surface area contributed by atoms with Crippen LogP contribution in [-0.2, 0) is 21.0 Å². The number of aryl methyl sites for hydroxylation is 1. The topological polar surface area (TPSA) is 167 Å². The van der Waals surface area contributed by atoms with Crippen LogP contribution in [0.3, 0.4) is 0 Å². The van der Waals surface area contributed by atoms with Gasteiger partial charge in [-0.05, 0) is 56.6 Å². The molecule has 3 aromatic rings. The Bertz CT molecular complexity index is 1340. The Balaban J connectivity index is 0.000000358. The summed E-state index contributed by atoms with van der Waals surface area (Å²) < 4.78 is 87.4. The van der Waals surface area contributed by atoms with Crippen LogP contribution in [0.5, 0.6) is 0 Å². The molecule has 0 bridgehead atoms. The van der Waals surface area contributed by atoms with E-state index in [1.807, 2.05) is 6.92 Å². The van der Waals surface area contributed by atoms with Gasteiger partial charge in [-0.15, -0.1) is 0 Å². The molecule has 0 radical (unpaired) electrons. The highest BCUT2D eigenvalue weighted by atomic mass is 32.2. The molecule has 7 N–H and O–H groups in total. The summed E-state index contributed by atoms with van der Waals surface area (Å²) in [6.45, 7) is 2.02. The molecule has 0 aliphatic heterocycles. The van der Waals surface area contributed by atoms with Crippen LogP contribution in [0, 0.1) is 6.92 Å². The number of benzene rings is 2. The number of hydrogen-bond donors (Lipinski definition) is 4. The molecule has 1 heterocycles. The lowest BCUT2D eigenvalue weighted by Gasteiger charge is -2.22. The number of nitrogens with zero attached hydrogens (tertiary/aromatic N) is 2. The van der Waals surface area contributed by atoms with Crippen LogP contribution in [0.25, 0.3) is 16.9 Å². The summed E-state index contributed by atoms with van der Waals surface area (Å²) in [6, 6.07) is 13.1. The molecule has 1 aromatic heterocycles. The van der Waals surface area contributed by atoms with E-state index < -0.39 is 39.8 Å². The summed E-state index contributed by atoms with van der Waals surface area (Å²) in [5.74, 6) is -1.69. The Morgan fingerprint density at radius 2 is 1.63 bits per heavy atom. The fourth-order valence-corrected chi connectivity index (χ4v) is 3.64. The fourth-order valence-electron chi connectivity index (χ4n) is 3.13. The quantitative estimate of drug-likeness (QED) is 0.305. The van der Waals surface area contributed by atoms with Crippen molar-refractivity contribution >= 4 is 16.0 Å². The fraction of sp³-hybridized carbons (Fsp3) is 0.304. The maximum Gasteiger partial charge on any atom is 0.435 e. The van der Waals surface area contributed by atoms with Crippen LogP contribution >= 0.6 is 0 Å². The maximum atomic E-state index is 13.1. The monoisotopic (exact) mass is 563 g/mol. The van der Waals surface area contributed by atoms with Crippen LogP contribution in [0.1, 0.15) is 24.1 Å². The highest BCUT2D eigenvalue weighted by Crippen LogP contribution is 2.33. The predicted molar refractivity (Wildman–Crippen MR) is 129 cm³/mol. The number of carbonyl (C=O) groups is 1. The van der Waals surface area contributed by atoms with Crippen LogP contribution in [0.15, 0.2) is 59.5 Å². The molecule has 0 amide bonds. The van der Waals surface area contributed by atoms with E-state index in [0.29, 0.717) is 5.56 Å². The third kappa shape index (κ3) is 7.56. The summed E-state index contributed by atoms with van der Waals surface area (Å²) in [7, 11) is -3.90. The molecule has 0 spiro atoms. The van der Waals surface area contributed by atoms with E-state index in [0.717, 1.165) is 16.3 Å². The first-order valence-corrected chi connectivity index (χ1v) is 12.4. The first kappa shape index (κ1) is 30.8. The Labute approximate surface area is 215 Å². The number of halogens is 5. The van der Waals surface area contributed by atoms with Crippen LogP contribution in [-0.4, -0.2) is 47.8 Å². The second-order valence-electron chi connectivity index (χ2n) is 8.27. The molecule has 15 heteroatoms. The van der Waals surface area contributed by atoms with Gasteiger partial charge in [-0.1, -0.05) is 29.8 Å². The summed E-state index contributed by atoms with van der Waals surface area (Å²) in [6.07, 6.45) is -7.81. The van der Waals surface area contributed by atoms with Gasteiger partial charge in [0.25, 0.3) is 6.43 Å². The molecule has 3 rings (SSSR count). The second kappa shape index (κ2) is 12.0. The van der Waals surface area contributed by atoms with Gasteiger partial charge in [-0.3, -0.25) is 0 Å². The number of nitrogens with two attached hydrogens (primary N) is 3. The first-order chi connectivity index (χ1) is 17.5. The van der Waals surface area contributed by atoms with Crippen molar-refractivity contribution in [3.63, 3.8) is 0 Å². The molecule has 0 saturated carbocycles. The molecule has 0 aliphatic carbocycles. The van der Waals surface area contributed by atoms with E-state index >= 15 is 0 Å². The lowest BCUT2D eigenvalue weighted by atomic mass is 9.95. The average molecular weight is 564 g/mol. The van der Waals surface area contributed by atoms with Gasteiger partial charge in [0.1, 0.15) is 0 Å². The lowest BCUT2D eigenvalue weighted by Crippen LogP contribution is -2.54. The third-order valence-corrected chi connectivity index (χ3v) is 6.27. The van der Waals surface area contributed by atoms with Crippen molar-refractivity contribution in [2.45, 2.75) is 42.8 Å². The first-order valence-electron chi connectivity index (χ1n) is 10.9. The van der Waals surface area contributed by atoms with E-state index in [4.69, 9.17) is 21.7 Å². The van der Waals surface area contributed by atoms with Crippen molar-refractivity contribution in [2.75, 3.05) is 6.54 Å². The van der Waals surface area contributed by atoms with Crippen molar-refractivity contribution in [3.05, 3.63) is 65.9 Å². The van der Waals surface area contributed by atoms with Crippen molar-refractivity contribution in [3.8, 4) is 16.9 Å². The highest BCUT2D eigenvalue weighted by molar-refractivity contribution is 7.89. The predicted octanol–water partition coefficient (Wildman–Crippen LogP) is 3.29. The number of carboxylic acid groups (broad SMARTS) is 1. The number of alkyl halides is 5. The van der Waals surface area contributed by atoms with Gasteiger partial charge in [0.2, 0.25) is 10.0 Å². The minimum atomic E-state index is -4.61. The van der Waals surface area contributed by atoms with E-state index in [-0.39, 0.29) is 35.7 Å². The molecular weight excluding hydrogens is 537 g/mol. The summed E-state index contributed by atoms with van der Waals surface area (Å²) >= 11 is 0. The zero-order valence-corrected chi connectivity index (χ0v) is 20.8. The van der Waals surface area contributed by atoms with Crippen LogP contribution in [0.2, 0.25) is 0 Å². The van der Waals surface area contributed by atoms with E-state index in [1.165, 1.54) is 24.3 Å². The zero-order valence-electron chi connectivity index (χ0n) is 20.0. The smallest absolute Gasteiger partial charge is 0.435 e. The average Bonchev–Trinajstić information content (AvgIpc) is 3.29. The Morgan fingerprint density at radius 3 is 2.05 bits per heavy atom. The minimum absolute atomic E-state index is 0.138. The molecule has 1 atom stereocenters. The molecule has 1 unspecified atom stereocenters. The SMILES string of the molecule is Cc1ccc(-c2cc(C(F)(F)F)nn2-c2ccc(S(N)(=O)=O)cc2)cc1.NCCCC(N)(C(=O)O)C(F)F. The standard InChI is InChI=1S/C17H14F3N3O2S.C6H12F2N2O2/c1-11-2-4-12(5-3-11)15-10-16(17(18,19)20)22-23(15)13-6-8-14(9-7-13)26(21,24)25;7-4(8)6(10,5(11)12)2-1-3-9/h2-10H,1H3,(H2,21,24,25);4H,1-3,9-10H2,(H,11,12). The Kier molecular flexibility index (Phi) is 9.72. The molecular formula is C23H26F5N5O4S. The number of aromatic nitrogens is 2. The Morgan fingerprint density at radius 1 is 1.08 bits per heavy atom.